The lowest BCUT2D eigenvalue weighted by Gasteiger charge is -2.21. The van der Waals surface area contributed by atoms with Gasteiger partial charge in [-0.25, -0.2) is 9.67 Å². The van der Waals surface area contributed by atoms with Crippen LogP contribution >= 0.6 is 24.0 Å². The Morgan fingerprint density at radius 2 is 1.93 bits per heavy atom. The zero-order valence-electron chi connectivity index (χ0n) is 16.1. The lowest BCUT2D eigenvalue weighted by Crippen LogP contribution is -2.37. The molecule has 0 radical (unpaired) electrons. The molecule has 1 aliphatic rings. The minimum atomic E-state index is 0. The van der Waals surface area contributed by atoms with Crippen LogP contribution < -0.4 is 10.6 Å². The molecule has 1 aromatic carbocycles. The summed E-state index contributed by atoms with van der Waals surface area (Å²) in [6, 6.07) is 8.29. The fourth-order valence-electron chi connectivity index (χ4n) is 3.59. The van der Waals surface area contributed by atoms with E-state index in [2.05, 4.69) is 37.8 Å². The van der Waals surface area contributed by atoms with Gasteiger partial charge in [0.1, 0.15) is 12.7 Å². The normalized spacial score (nSPS) is 15.2. The lowest BCUT2D eigenvalue weighted by atomic mass is 9.86. The van der Waals surface area contributed by atoms with Crippen molar-refractivity contribution in [2.24, 2.45) is 10.9 Å². The van der Waals surface area contributed by atoms with Crippen LogP contribution in [0.4, 0.5) is 0 Å². The average Bonchev–Trinajstić information content (AvgIpc) is 3.23. The fourth-order valence-corrected chi connectivity index (χ4v) is 3.59. The van der Waals surface area contributed by atoms with E-state index < -0.39 is 0 Å². The van der Waals surface area contributed by atoms with E-state index in [1.54, 1.807) is 17.3 Å². The minimum Gasteiger partial charge on any atom is -0.356 e. The zero-order valence-corrected chi connectivity index (χ0v) is 18.4. The molecule has 6 nitrogen and oxygen atoms in total. The van der Waals surface area contributed by atoms with E-state index in [9.17, 15) is 0 Å². The highest BCUT2D eigenvalue weighted by atomic mass is 127. The summed E-state index contributed by atoms with van der Waals surface area (Å²) in [7, 11) is 1.82. The van der Waals surface area contributed by atoms with Crippen molar-refractivity contribution in [3.8, 4) is 5.69 Å². The van der Waals surface area contributed by atoms with Gasteiger partial charge >= 0.3 is 0 Å². The Hall–Kier alpha value is -1.64. The standard InChI is InChI=1S/C20H30N6.HI/c1-21-20(23-13-5-8-17-6-3-2-4-7-17)24-14-18-9-11-19(12-10-18)26-16-22-15-25-26;/h9-12,15-17H,2-8,13-14H2,1H3,(H2,21,23,24);1H. The number of aliphatic imine (C=N–C) groups is 1. The highest BCUT2D eigenvalue weighted by Gasteiger charge is 2.12. The molecule has 2 N–H and O–H groups in total. The van der Waals surface area contributed by atoms with Crippen LogP contribution in [0.3, 0.4) is 0 Å². The number of hydrogen-bond acceptors (Lipinski definition) is 3. The largest absolute Gasteiger partial charge is 0.356 e. The third-order valence-corrected chi connectivity index (χ3v) is 5.11. The summed E-state index contributed by atoms with van der Waals surface area (Å²) < 4.78 is 1.75. The van der Waals surface area contributed by atoms with Crippen LogP contribution in [0.2, 0.25) is 0 Å². The van der Waals surface area contributed by atoms with Gasteiger partial charge in [0.15, 0.2) is 5.96 Å². The average molecular weight is 482 g/mol. The molecular weight excluding hydrogens is 451 g/mol. The van der Waals surface area contributed by atoms with Crippen LogP contribution in [0.25, 0.3) is 5.69 Å². The highest BCUT2D eigenvalue weighted by molar-refractivity contribution is 14.0. The second-order valence-electron chi connectivity index (χ2n) is 7.01. The number of hydrogen-bond donors (Lipinski definition) is 2. The van der Waals surface area contributed by atoms with Gasteiger partial charge in [-0.15, -0.1) is 24.0 Å². The smallest absolute Gasteiger partial charge is 0.191 e. The predicted octanol–water partition coefficient (Wildman–Crippen LogP) is 3.91. The maximum absolute atomic E-state index is 4.32. The van der Waals surface area contributed by atoms with Crippen molar-refractivity contribution in [2.45, 2.75) is 51.5 Å². The Balaban J connectivity index is 0.00000261. The second kappa shape index (κ2) is 11.9. The van der Waals surface area contributed by atoms with E-state index in [-0.39, 0.29) is 24.0 Å². The van der Waals surface area contributed by atoms with Crippen LogP contribution in [-0.2, 0) is 6.54 Å². The predicted molar refractivity (Wildman–Crippen MR) is 121 cm³/mol. The molecule has 1 aliphatic carbocycles. The molecule has 0 saturated heterocycles. The first-order valence-corrected chi connectivity index (χ1v) is 9.73. The van der Waals surface area contributed by atoms with Crippen molar-refractivity contribution < 1.29 is 0 Å². The van der Waals surface area contributed by atoms with E-state index >= 15 is 0 Å². The Morgan fingerprint density at radius 3 is 2.59 bits per heavy atom. The van der Waals surface area contributed by atoms with Crippen molar-refractivity contribution in [3.05, 3.63) is 42.5 Å². The number of aromatic nitrogens is 3. The molecule has 0 aliphatic heterocycles. The lowest BCUT2D eigenvalue weighted by molar-refractivity contribution is 0.332. The molecule has 148 valence electrons. The van der Waals surface area contributed by atoms with Gasteiger partial charge in [-0.3, -0.25) is 4.99 Å². The van der Waals surface area contributed by atoms with E-state index in [0.29, 0.717) is 0 Å². The monoisotopic (exact) mass is 482 g/mol. The van der Waals surface area contributed by atoms with Gasteiger partial charge in [0, 0.05) is 20.1 Å². The molecule has 1 fully saturated rings. The van der Waals surface area contributed by atoms with Gasteiger partial charge in [-0.2, -0.15) is 5.10 Å². The number of rotatable bonds is 7. The Labute approximate surface area is 179 Å². The van der Waals surface area contributed by atoms with Gasteiger partial charge in [0.2, 0.25) is 0 Å². The van der Waals surface area contributed by atoms with Gasteiger partial charge in [-0.05, 0) is 36.5 Å². The molecule has 27 heavy (non-hydrogen) atoms. The zero-order chi connectivity index (χ0) is 18.0. The van der Waals surface area contributed by atoms with Crippen molar-refractivity contribution in [1.82, 2.24) is 25.4 Å². The summed E-state index contributed by atoms with van der Waals surface area (Å²) in [5, 5.41) is 11.0. The van der Waals surface area contributed by atoms with Gasteiger partial charge in [0.25, 0.3) is 0 Å². The number of benzene rings is 1. The van der Waals surface area contributed by atoms with Crippen LogP contribution in [-0.4, -0.2) is 34.3 Å². The van der Waals surface area contributed by atoms with Crippen LogP contribution in [0.1, 0.15) is 50.5 Å². The second-order valence-corrected chi connectivity index (χ2v) is 7.01. The fraction of sp³-hybridized carbons (Fsp3) is 0.550. The quantitative estimate of drug-likeness (QED) is 0.272. The Bertz CT molecular complexity index is 662. The molecule has 0 amide bonds. The van der Waals surface area contributed by atoms with Crippen LogP contribution in [0.5, 0.6) is 0 Å². The SMILES string of the molecule is CN=C(NCCCC1CCCCC1)NCc1ccc(-n2cncn2)cc1.I. The molecule has 1 heterocycles. The summed E-state index contributed by atoms with van der Waals surface area (Å²) in [5.74, 6) is 1.82. The summed E-state index contributed by atoms with van der Waals surface area (Å²) >= 11 is 0. The molecule has 0 atom stereocenters. The van der Waals surface area contributed by atoms with E-state index in [0.717, 1.165) is 30.7 Å². The number of halogens is 1. The number of guanidine groups is 1. The third kappa shape index (κ3) is 7.12. The highest BCUT2D eigenvalue weighted by Crippen LogP contribution is 2.26. The maximum atomic E-state index is 4.32. The third-order valence-electron chi connectivity index (χ3n) is 5.11. The van der Waals surface area contributed by atoms with Crippen molar-refractivity contribution in [2.75, 3.05) is 13.6 Å². The molecule has 1 aromatic heterocycles. The number of nitrogens with zero attached hydrogens (tertiary/aromatic N) is 4. The van der Waals surface area contributed by atoms with Gasteiger partial charge in [-0.1, -0.05) is 44.2 Å². The van der Waals surface area contributed by atoms with Crippen molar-refractivity contribution >= 4 is 29.9 Å². The first-order chi connectivity index (χ1) is 12.8. The molecule has 0 unspecified atom stereocenters. The van der Waals surface area contributed by atoms with Crippen molar-refractivity contribution in [3.63, 3.8) is 0 Å². The summed E-state index contributed by atoms with van der Waals surface area (Å²) in [6.45, 7) is 1.74. The minimum absolute atomic E-state index is 0. The Kier molecular flexibility index (Phi) is 9.58. The summed E-state index contributed by atoms with van der Waals surface area (Å²) in [6.07, 6.45) is 13.0. The molecule has 7 heteroatoms. The molecule has 2 aromatic rings. The van der Waals surface area contributed by atoms with Gasteiger partial charge < -0.3 is 10.6 Å². The van der Waals surface area contributed by atoms with Gasteiger partial charge in [0.05, 0.1) is 5.69 Å². The topological polar surface area (TPSA) is 67.1 Å². The molecule has 1 saturated carbocycles. The van der Waals surface area contributed by atoms with E-state index in [1.165, 1.54) is 50.5 Å². The van der Waals surface area contributed by atoms with Crippen LogP contribution in [0, 0.1) is 5.92 Å². The molecule has 0 bridgehead atoms. The molecule has 3 rings (SSSR count). The summed E-state index contributed by atoms with van der Waals surface area (Å²) in [4.78, 5) is 8.29. The molecular formula is C20H31IN6. The maximum Gasteiger partial charge on any atom is 0.191 e. The van der Waals surface area contributed by atoms with E-state index in [4.69, 9.17) is 0 Å². The van der Waals surface area contributed by atoms with E-state index in [1.807, 2.05) is 19.2 Å². The summed E-state index contributed by atoms with van der Waals surface area (Å²) in [5.41, 5.74) is 2.22. The Morgan fingerprint density at radius 1 is 1.15 bits per heavy atom. The first-order valence-electron chi connectivity index (χ1n) is 9.73. The molecule has 0 spiro atoms. The first kappa shape index (κ1) is 21.7. The number of nitrogens with one attached hydrogen (secondary N) is 2. The van der Waals surface area contributed by atoms with Crippen molar-refractivity contribution in [1.29, 1.82) is 0 Å². The van der Waals surface area contributed by atoms with Crippen LogP contribution in [0.15, 0.2) is 41.9 Å².